The molecule has 0 unspecified atom stereocenters. The Hall–Kier alpha value is -2.30. The second-order valence-corrected chi connectivity index (χ2v) is 3.50. The first-order valence-corrected chi connectivity index (χ1v) is 5.02. The third-order valence-corrected chi connectivity index (χ3v) is 2.55. The zero-order valence-corrected chi connectivity index (χ0v) is 9.65. The summed E-state index contributed by atoms with van der Waals surface area (Å²) in [5.41, 5.74) is 6.14. The summed E-state index contributed by atoms with van der Waals surface area (Å²) < 4.78 is 10.5. The van der Waals surface area contributed by atoms with E-state index in [4.69, 9.17) is 20.6 Å². The fourth-order valence-electron chi connectivity index (χ4n) is 1.82. The number of hydrogen-bond acceptors (Lipinski definition) is 4. The van der Waals surface area contributed by atoms with Crippen LogP contribution in [-0.2, 0) is 0 Å². The Morgan fingerprint density at radius 2 is 2.12 bits per heavy atom. The van der Waals surface area contributed by atoms with E-state index in [0.717, 1.165) is 10.8 Å². The van der Waals surface area contributed by atoms with E-state index in [1.165, 1.54) is 7.11 Å². The average molecular weight is 231 g/mol. The van der Waals surface area contributed by atoms with Crippen molar-refractivity contribution in [2.75, 3.05) is 14.2 Å². The summed E-state index contributed by atoms with van der Waals surface area (Å²) in [6, 6.07) is 3.61. The summed E-state index contributed by atoms with van der Waals surface area (Å²) in [5.74, 6) is 0.953. The second-order valence-electron chi connectivity index (χ2n) is 3.50. The van der Waals surface area contributed by atoms with E-state index >= 15 is 0 Å². The van der Waals surface area contributed by atoms with Crippen molar-refractivity contribution in [3.8, 4) is 11.5 Å². The molecule has 0 aliphatic rings. The zero-order valence-electron chi connectivity index (χ0n) is 9.65. The van der Waals surface area contributed by atoms with Crippen LogP contribution in [0.2, 0.25) is 0 Å². The molecular formula is C12H13N3O2. The topological polar surface area (TPSA) is 81.2 Å². The van der Waals surface area contributed by atoms with Crippen molar-refractivity contribution in [3.63, 3.8) is 0 Å². The SMILES string of the molecule is COc1cc2cnccc2c(C(=N)N)c1OC. The fourth-order valence-corrected chi connectivity index (χ4v) is 1.82. The van der Waals surface area contributed by atoms with Crippen LogP contribution in [0.25, 0.3) is 10.8 Å². The molecule has 1 heterocycles. The predicted molar refractivity (Wildman–Crippen MR) is 65.9 cm³/mol. The number of rotatable bonds is 3. The molecule has 5 heteroatoms. The van der Waals surface area contributed by atoms with Gasteiger partial charge >= 0.3 is 0 Å². The molecule has 5 nitrogen and oxygen atoms in total. The molecule has 88 valence electrons. The lowest BCUT2D eigenvalue weighted by molar-refractivity contribution is 0.355. The maximum Gasteiger partial charge on any atom is 0.172 e. The van der Waals surface area contributed by atoms with Gasteiger partial charge in [0.2, 0.25) is 0 Å². The molecule has 17 heavy (non-hydrogen) atoms. The number of aromatic nitrogens is 1. The molecule has 0 bridgehead atoms. The lowest BCUT2D eigenvalue weighted by Crippen LogP contribution is -2.14. The molecule has 0 aliphatic heterocycles. The van der Waals surface area contributed by atoms with E-state index in [0.29, 0.717) is 17.1 Å². The highest BCUT2D eigenvalue weighted by molar-refractivity contribution is 6.10. The van der Waals surface area contributed by atoms with Gasteiger partial charge < -0.3 is 15.2 Å². The zero-order chi connectivity index (χ0) is 12.4. The number of nitrogens with two attached hydrogens (primary N) is 1. The van der Waals surface area contributed by atoms with Crippen LogP contribution in [0.4, 0.5) is 0 Å². The lowest BCUT2D eigenvalue weighted by atomic mass is 10.0. The largest absolute Gasteiger partial charge is 0.493 e. The smallest absolute Gasteiger partial charge is 0.172 e. The minimum atomic E-state index is -0.0584. The van der Waals surface area contributed by atoms with E-state index in [2.05, 4.69) is 4.98 Å². The van der Waals surface area contributed by atoms with Crippen LogP contribution in [0.1, 0.15) is 5.56 Å². The predicted octanol–water partition coefficient (Wildman–Crippen LogP) is 1.54. The van der Waals surface area contributed by atoms with E-state index in [1.54, 1.807) is 25.6 Å². The number of pyridine rings is 1. The van der Waals surface area contributed by atoms with Gasteiger partial charge in [0, 0.05) is 17.8 Å². The monoisotopic (exact) mass is 231 g/mol. The standard InChI is InChI=1S/C12H13N3O2/c1-16-9-5-7-6-15-4-3-8(7)10(12(13)14)11(9)17-2/h3-6H,1-2H3,(H3,13,14). The van der Waals surface area contributed by atoms with Crippen LogP contribution >= 0.6 is 0 Å². The highest BCUT2D eigenvalue weighted by Crippen LogP contribution is 2.36. The Labute approximate surface area is 98.7 Å². The average Bonchev–Trinajstić information content (AvgIpc) is 2.35. The number of nitrogens with one attached hydrogen (secondary N) is 1. The van der Waals surface area contributed by atoms with Crippen LogP contribution < -0.4 is 15.2 Å². The molecule has 0 atom stereocenters. The molecular weight excluding hydrogens is 218 g/mol. The quantitative estimate of drug-likeness (QED) is 0.620. The Balaban J connectivity index is 2.90. The molecule has 0 saturated heterocycles. The van der Waals surface area contributed by atoms with Crippen molar-refractivity contribution < 1.29 is 9.47 Å². The number of nitrogen functional groups attached to an aromatic ring is 1. The minimum Gasteiger partial charge on any atom is -0.493 e. The van der Waals surface area contributed by atoms with Gasteiger partial charge in [-0.2, -0.15) is 0 Å². The molecule has 1 aromatic carbocycles. The first-order valence-electron chi connectivity index (χ1n) is 5.02. The Morgan fingerprint density at radius 1 is 1.35 bits per heavy atom. The highest BCUT2D eigenvalue weighted by Gasteiger charge is 2.16. The van der Waals surface area contributed by atoms with Gasteiger partial charge in [0.1, 0.15) is 5.84 Å². The minimum absolute atomic E-state index is 0.0584. The van der Waals surface area contributed by atoms with Crippen molar-refractivity contribution in [3.05, 3.63) is 30.1 Å². The normalized spacial score (nSPS) is 10.2. The number of benzene rings is 1. The number of nitrogens with zero attached hydrogens (tertiary/aromatic N) is 1. The van der Waals surface area contributed by atoms with Crippen molar-refractivity contribution >= 4 is 16.6 Å². The van der Waals surface area contributed by atoms with Crippen molar-refractivity contribution in [2.45, 2.75) is 0 Å². The molecule has 0 amide bonds. The molecule has 2 aromatic rings. The molecule has 0 aliphatic carbocycles. The van der Waals surface area contributed by atoms with E-state index < -0.39 is 0 Å². The Kier molecular flexibility index (Phi) is 2.82. The van der Waals surface area contributed by atoms with Crippen LogP contribution in [0.3, 0.4) is 0 Å². The van der Waals surface area contributed by atoms with Crippen molar-refractivity contribution in [1.29, 1.82) is 5.41 Å². The Morgan fingerprint density at radius 3 is 2.71 bits per heavy atom. The van der Waals surface area contributed by atoms with Gasteiger partial charge in [-0.15, -0.1) is 0 Å². The summed E-state index contributed by atoms with van der Waals surface area (Å²) in [4.78, 5) is 4.04. The first kappa shape index (κ1) is 11.2. The molecule has 0 saturated carbocycles. The summed E-state index contributed by atoms with van der Waals surface area (Å²) in [5, 5.41) is 9.34. The van der Waals surface area contributed by atoms with Crippen LogP contribution in [0.15, 0.2) is 24.5 Å². The van der Waals surface area contributed by atoms with Gasteiger partial charge in [0.05, 0.1) is 19.8 Å². The molecule has 0 fully saturated rings. The molecule has 3 N–H and O–H groups in total. The summed E-state index contributed by atoms with van der Waals surface area (Å²) in [7, 11) is 3.07. The van der Waals surface area contributed by atoms with Crippen LogP contribution in [0, 0.1) is 5.41 Å². The summed E-state index contributed by atoms with van der Waals surface area (Å²) in [6.45, 7) is 0. The van der Waals surface area contributed by atoms with Gasteiger partial charge in [-0.05, 0) is 17.5 Å². The lowest BCUT2D eigenvalue weighted by Gasteiger charge is -2.14. The summed E-state index contributed by atoms with van der Waals surface area (Å²) in [6.07, 6.45) is 3.35. The number of fused-ring (bicyclic) bond motifs is 1. The van der Waals surface area contributed by atoms with Crippen LogP contribution in [0.5, 0.6) is 11.5 Å². The maximum atomic E-state index is 7.66. The Bertz CT molecular complexity index is 581. The van der Waals surface area contributed by atoms with Crippen molar-refractivity contribution in [1.82, 2.24) is 4.98 Å². The number of methoxy groups -OCH3 is 2. The van der Waals surface area contributed by atoms with E-state index in [-0.39, 0.29) is 5.84 Å². The number of ether oxygens (including phenoxy) is 2. The van der Waals surface area contributed by atoms with Gasteiger partial charge in [-0.1, -0.05) is 0 Å². The van der Waals surface area contributed by atoms with E-state index in [9.17, 15) is 0 Å². The second kappa shape index (κ2) is 4.29. The molecule has 0 radical (unpaired) electrons. The number of hydrogen-bond donors (Lipinski definition) is 2. The molecule has 0 spiro atoms. The van der Waals surface area contributed by atoms with Crippen LogP contribution in [-0.4, -0.2) is 25.0 Å². The third-order valence-electron chi connectivity index (χ3n) is 2.55. The number of amidine groups is 1. The summed E-state index contributed by atoms with van der Waals surface area (Å²) >= 11 is 0. The van der Waals surface area contributed by atoms with Gasteiger partial charge in [0.15, 0.2) is 11.5 Å². The molecule has 2 rings (SSSR count). The van der Waals surface area contributed by atoms with E-state index in [1.807, 2.05) is 6.07 Å². The van der Waals surface area contributed by atoms with Gasteiger partial charge in [0.25, 0.3) is 0 Å². The van der Waals surface area contributed by atoms with Gasteiger partial charge in [-0.25, -0.2) is 0 Å². The third kappa shape index (κ3) is 1.75. The van der Waals surface area contributed by atoms with Crippen molar-refractivity contribution in [2.24, 2.45) is 5.73 Å². The fraction of sp³-hybridized carbons (Fsp3) is 0.167. The van der Waals surface area contributed by atoms with Gasteiger partial charge in [-0.3, -0.25) is 10.4 Å². The first-order chi connectivity index (χ1) is 8.19. The highest BCUT2D eigenvalue weighted by atomic mass is 16.5. The maximum absolute atomic E-state index is 7.66. The molecule has 1 aromatic heterocycles.